The van der Waals surface area contributed by atoms with E-state index in [0.717, 1.165) is 22.8 Å². The van der Waals surface area contributed by atoms with Gasteiger partial charge in [0.1, 0.15) is 16.4 Å². The molecule has 0 saturated carbocycles. The number of aromatic nitrogens is 3. The van der Waals surface area contributed by atoms with Crippen molar-refractivity contribution in [2.75, 3.05) is 10.5 Å². The number of aryl methyl sites for hydroxylation is 1. The Kier molecular flexibility index (Phi) is 5.72. The van der Waals surface area contributed by atoms with Crippen LogP contribution < -0.4 is 16.0 Å². The first-order valence-electron chi connectivity index (χ1n) is 9.08. The number of rotatable bonds is 4. The summed E-state index contributed by atoms with van der Waals surface area (Å²) in [6, 6.07) is 6.65. The second kappa shape index (κ2) is 8.25. The smallest absolute Gasteiger partial charge is 0.263 e. The summed E-state index contributed by atoms with van der Waals surface area (Å²) >= 11 is 11.8. The lowest BCUT2D eigenvalue weighted by atomic mass is 10.0. The maximum atomic E-state index is 15.4. The summed E-state index contributed by atoms with van der Waals surface area (Å²) in [4.78, 5) is 20.2. The van der Waals surface area contributed by atoms with E-state index in [4.69, 9.17) is 28.9 Å². The summed E-state index contributed by atoms with van der Waals surface area (Å²) in [5.41, 5.74) is 3.23. The second-order valence-corrected chi connectivity index (χ2v) is 9.39. The molecule has 0 fully saturated rings. The monoisotopic (exact) mass is 511 g/mol. The number of nitrogens with one attached hydrogen (secondary N) is 1. The first-order valence-corrected chi connectivity index (χ1v) is 11.3. The zero-order chi connectivity index (χ0) is 24.1. The van der Waals surface area contributed by atoms with Gasteiger partial charge in [-0.15, -0.1) is 0 Å². The average Bonchev–Trinajstić information content (AvgIpc) is 2.75. The van der Waals surface area contributed by atoms with Crippen LogP contribution in [0, 0.1) is 11.6 Å². The number of hydrogen-bond donors (Lipinski definition) is 2. The van der Waals surface area contributed by atoms with E-state index in [0.29, 0.717) is 0 Å². The fraction of sp³-hybridized carbons (Fsp3) is 0.0500. The maximum absolute atomic E-state index is 15.4. The topological polar surface area (TPSA) is 120 Å². The van der Waals surface area contributed by atoms with Crippen molar-refractivity contribution in [1.29, 1.82) is 0 Å². The van der Waals surface area contributed by atoms with E-state index in [1.165, 1.54) is 31.4 Å². The van der Waals surface area contributed by atoms with Gasteiger partial charge in [0.15, 0.2) is 5.82 Å². The molecule has 33 heavy (non-hydrogen) atoms. The fourth-order valence-electron chi connectivity index (χ4n) is 3.20. The van der Waals surface area contributed by atoms with E-state index in [9.17, 15) is 17.6 Å². The van der Waals surface area contributed by atoms with Gasteiger partial charge in [0.2, 0.25) is 5.95 Å². The van der Waals surface area contributed by atoms with Crippen LogP contribution >= 0.6 is 23.2 Å². The molecule has 4 rings (SSSR count). The van der Waals surface area contributed by atoms with Gasteiger partial charge in [-0.05, 0) is 36.4 Å². The molecule has 0 aliphatic rings. The minimum absolute atomic E-state index is 0.0845. The molecule has 0 aliphatic heterocycles. The van der Waals surface area contributed by atoms with Crippen molar-refractivity contribution in [1.82, 2.24) is 14.5 Å². The lowest BCUT2D eigenvalue weighted by Gasteiger charge is -2.14. The van der Waals surface area contributed by atoms with Gasteiger partial charge in [0, 0.05) is 23.7 Å². The minimum atomic E-state index is -4.40. The van der Waals surface area contributed by atoms with Gasteiger partial charge in [-0.25, -0.2) is 22.2 Å². The quantitative estimate of drug-likeness (QED) is 0.427. The standard InChI is InChI=1S/C20H13Cl2F2N5O3S/c1-29-18-9(8-26-20(25)27-18)6-11(19(29)30)16-13(23)4-5-14(17(16)24)28-33(31,32)15-7-10(21)2-3-12(15)22/h2-8,28H,1H3,(H2,25,26,27). The molecule has 2 aromatic carbocycles. The third-order valence-electron chi connectivity index (χ3n) is 4.75. The van der Waals surface area contributed by atoms with E-state index in [1.54, 1.807) is 0 Å². The number of hydrogen-bond acceptors (Lipinski definition) is 6. The first kappa shape index (κ1) is 22.9. The molecule has 8 nitrogen and oxygen atoms in total. The number of nitrogens with zero attached hydrogens (tertiary/aromatic N) is 3. The summed E-state index contributed by atoms with van der Waals surface area (Å²) in [6.45, 7) is 0. The molecular formula is C20H13Cl2F2N5O3S. The Morgan fingerprint density at radius 3 is 2.58 bits per heavy atom. The predicted molar refractivity (Wildman–Crippen MR) is 122 cm³/mol. The van der Waals surface area contributed by atoms with Gasteiger partial charge in [-0.3, -0.25) is 14.1 Å². The number of nitrogen functional groups attached to an aromatic ring is 1. The molecule has 0 bridgehead atoms. The molecule has 0 amide bonds. The lowest BCUT2D eigenvalue weighted by Crippen LogP contribution is -2.21. The Bertz CT molecular complexity index is 1610. The van der Waals surface area contributed by atoms with Crippen molar-refractivity contribution in [2.24, 2.45) is 7.05 Å². The number of sulfonamides is 1. The summed E-state index contributed by atoms with van der Waals surface area (Å²) in [7, 11) is -3.05. The normalized spacial score (nSPS) is 11.7. The maximum Gasteiger partial charge on any atom is 0.263 e. The van der Waals surface area contributed by atoms with Gasteiger partial charge >= 0.3 is 0 Å². The molecule has 0 aliphatic carbocycles. The summed E-state index contributed by atoms with van der Waals surface area (Å²) in [5, 5.41) is 0.219. The molecule has 0 atom stereocenters. The van der Waals surface area contributed by atoms with Crippen LogP contribution in [0.1, 0.15) is 0 Å². The van der Waals surface area contributed by atoms with E-state index in [2.05, 4.69) is 9.97 Å². The van der Waals surface area contributed by atoms with Crippen molar-refractivity contribution in [3.8, 4) is 11.1 Å². The van der Waals surface area contributed by atoms with Crippen molar-refractivity contribution in [3.05, 3.63) is 74.6 Å². The number of pyridine rings is 1. The Morgan fingerprint density at radius 2 is 1.85 bits per heavy atom. The summed E-state index contributed by atoms with van der Waals surface area (Å²) in [5.74, 6) is -2.47. The van der Waals surface area contributed by atoms with Crippen LogP contribution in [0.4, 0.5) is 20.4 Å². The highest BCUT2D eigenvalue weighted by Crippen LogP contribution is 2.33. The van der Waals surface area contributed by atoms with Crippen molar-refractivity contribution < 1.29 is 17.2 Å². The largest absolute Gasteiger partial charge is 0.368 e. The lowest BCUT2D eigenvalue weighted by molar-refractivity contribution is 0.587. The molecular weight excluding hydrogens is 499 g/mol. The van der Waals surface area contributed by atoms with Crippen LogP contribution in [0.25, 0.3) is 22.2 Å². The fourth-order valence-corrected chi connectivity index (χ4v) is 5.02. The zero-order valence-electron chi connectivity index (χ0n) is 16.6. The third kappa shape index (κ3) is 4.10. The Morgan fingerprint density at radius 1 is 1.12 bits per heavy atom. The molecule has 2 heterocycles. The highest BCUT2D eigenvalue weighted by atomic mass is 35.5. The van der Waals surface area contributed by atoms with Gasteiger partial charge in [-0.2, -0.15) is 4.98 Å². The van der Waals surface area contributed by atoms with Gasteiger partial charge < -0.3 is 5.73 Å². The highest BCUT2D eigenvalue weighted by Gasteiger charge is 2.25. The van der Waals surface area contributed by atoms with Crippen molar-refractivity contribution in [2.45, 2.75) is 4.90 Å². The van der Waals surface area contributed by atoms with E-state index in [-0.39, 0.29) is 32.6 Å². The molecule has 0 spiro atoms. The van der Waals surface area contributed by atoms with Gasteiger partial charge in [-0.1, -0.05) is 23.2 Å². The summed E-state index contributed by atoms with van der Waals surface area (Å²) < 4.78 is 58.7. The molecule has 0 unspecified atom stereocenters. The number of benzene rings is 2. The highest BCUT2D eigenvalue weighted by molar-refractivity contribution is 7.92. The van der Waals surface area contributed by atoms with Crippen LogP contribution in [0.15, 0.2) is 52.3 Å². The van der Waals surface area contributed by atoms with Crippen LogP contribution in [-0.4, -0.2) is 23.0 Å². The van der Waals surface area contributed by atoms with E-state index < -0.39 is 43.4 Å². The molecule has 4 aromatic rings. The number of anilines is 2. The number of nitrogens with two attached hydrogens (primary N) is 1. The third-order valence-corrected chi connectivity index (χ3v) is 6.84. The van der Waals surface area contributed by atoms with Crippen molar-refractivity contribution in [3.63, 3.8) is 0 Å². The van der Waals surface area contributed by atoms with Crippen LogP contribution in [0.5, 0.6) is 0 Å². The molecule has 3 N–H and O–H groups in total. The van der Waals surface area contributed by atoms with Crippen molar-refractivity contribution >= 4 is 55.9 Å². The second-order valence-electron chi connectivity index (χ2n) is 6.89. The average molecular weight is 512 g/mol. The first-order chi connectivity index (χ1) is 15.5. The Balaban J connectivity index is 1.88. The SMILES string of the molecule is Cn1c(=O)c(-c2c(F)ccc(NS(=O)(=O)c3cc(Cl)ccc3Cl)c2F)cc2cnc(N)nc21. The zero-order valence-corrected chi connectivity index (χ0v) is 18.9. The van der Waals surface area contributed by atoms with Crippen LogP contribution in [0.2, 0.25) is 10.0 Å². The molecule has 2 aromatic heterocycles. The minimum Gasteiger partial charge on any atom is -0.368 e. The van der Waals surface area contributed by atoms with Gasteiger partial charge in [0.25, 0.3) is 15.6 Å². The Labute approximate surface area is 195 Å². The molecule has 13 heteroatoms. The molecule has 0 saturated heterocycles. The predicted octanol–water partition coefficient (Wildman–Crippen LogP) is 3.96. The summed E-state index contributed by atoms with van der Waals surface area (Å²) in [6.07, 6.45) is 1.30. The van der Waals surface area contributed by atoms with E-state index in [1.807, 2.05) is 4.72 Å². The van der Waals surface area contributed by atoms with Gasteiger partial charge in [0.05, 0.1) is 21.8 Å². The number of halogens is 4. The van der Waals surface area contributed by atoms with Crippen LogP contribution in [-0.2, 0) is 17.1 Å². The molecule has 170 valence electrons. The Hall–Kier alpha value is -3.28. The van der Waals surface area contributed by atoms with Crippen LogP contribution in [0.3, 0.4) is 0 Å². The molecule has 0 radical (unpaired) electrons. The number of fused-ring (bicyclic) bond motifs is 1. The van der Waals surface area contributed by atoms with E-state index >= 15 is 4.39 Å².